The summed E-state index contributed by atoms with van der Waals surface area (Å²) in [5, 5.41) is 3.30. The second-order valence-electron chi connectivity index (χ2n) is 4.28. The maximum Gasteiger partial charge on any atom is 0.114 e. The summed E-state index contributed by atoms with van der Waals surface area (Å²) in [6.45, 7) is 6.21. The Morgan fingerprint density at radius 3 is 2.89 bits per heavy atom. The summed E-state index contributed by atoms with van der Waals surface area (Å²) in [4.78, 5) is 8.81. The van der Waals surface area contributed by atoms with Crippen molar-refractivity contribution >= 4 is 5.69 Å². The van der Waals surface area contributed by atoms with Crippen LogP contribution in [0, 0.1) is 0 Å². The number of nitrogens with zero attached hydrogens (tertiary/aromatic N) is 3. The van der Waals surface area contributed by atoms with Crippen LogP contribution in [-0.2, 0) is 13.0 Å². The van der Waals surface area contributed by atoms with Gasteiger partial charge >= 0.3 is 0 Å². The third-order valence-corrected chi connectivity index (χ3v) is 2.80. The third kappa shape index (κ3) is 3.09. The fourth-order valence-corrected chi connectivity index (χ4v) is 2.00. The molecule has 0 aliphatic rings. The molecule has 0 aromatic carbocycles. The maximum absolute atomic E-state index is 4.41. The highest BCUT2D eigenvalue weighted by molar-refractivity contribution is 5.43. The van der Waals surface area contributed by atoms with Crippen LogP contribution in [0.2, 0.25) is 0 Å². The summed E-state index contributed by atoms with van der Waals surface area (Å²) in [6, 6.07) is 4.08. The van der Waals surface area contributed by atoms with Crippen molar-refractivity contribution < 1.29 is 0 Å². The molecule has 0 fully saturated rings. The van der Waals surface area contributed by atoms with E-state index in [1.54, 1.807) is 0 Å². The molecule has 18 heavy (non-hydrogen) atoms. The molecule has 0 saturated carbocycles. The largest absolute Gasteiger partial charge is 0.385 e. The molecule has 96 valence electrons. The number of aromatic nitrogens is 3. The van der Waals surface area contributed by atoms with E-state index in [9.17, 15) is 0 Å². The molecule has 0 atom stereocenters. The lowest BCUT2D eigenvalue weighted by Gasteiger charge is -2.07. The number of imidazole rings is 1. The lowest BCUT2D eigenvalue weighted by molar-refractivity contribution is 0.645. The van der Waals surface area contributed by atoms with Crippen molar-refractivity contribution in [1.82, 2.24) is 14.5 Å². The number of nitrogens with one attached hydrogen (secondary N) is 1. The van der Waals surface area contributed by atoms with Crippen molar-refractivity contribution in [2.75, 3.05) is 11.9 Å². The number of anilines is 1. The van der Waals surface area contributed by atoms with Gasteiger partial charge in [-0.15, -0.1) is 0 Å². The van der Waals surface area contributed by atoms with Gasteiger partial charge in [-0.25, -0.2) is 4.98 Å². The summed E-state index contributed by atoms with van der Waals surface area (Å²) in [7, 11) is 0. The molecule has 4 nitrogen and oxygen atoms in total. The number of hydrogen-bond acceptors (Lipinski definition) is 3. The average Bonchev–Trinajstić information content (AvgIpc) is 2.78. The van der Waals surface area contributed by atoms with Gasteiger partial charge in [-0.2, -0.15) is 0 Å². The lowest BCUT2D eigenvalue weighted by atomic mass is 10.2. The highest BCUT2D eigenvalue weighted by Crippen LogP contribution is 2.11. The minimum Gasteiger partial charge on any atom is -0.385 e. The van der Waals surface area contributed by atoms with Crippen molar-refractivity contribution in [3.05, 3.63) is 42.2 Å². The van der Waals surface area contributed by atoms with Crippen molar-refractivity contribution in [3.63, 3.8) is 0 Å². The van der Waals surface area contributed by atoms with Crippen LogP contribution in [0.25, 0.3) is 0 Å². The monoisotopic (exact) mass is 244 g/mol. The lowest BCUT2D eigenvalue weighted by Crippen LogP contribution is -2.05. The topological polar surface area (TPSA) is 42.7 Å². The Kier molecular flexibility index (Phi) is 4.34. The second-order valence-corrected chi connectivity index (χ2v) is 4.28. The van der Waals surface area contributed by atoms with E-state index in [0.29, 0.717) is 0 Å². The van der Waals surface area contributed by atoms with Gasteiger partial charge in [0.2, 0.25) is 0 Å². The van der Waals surface area contributed by atoms with Gasteiger partial charge in [0.15, 0.2) is 0 Å². The van der Waals surface area contributed by atoms with Crippen LogP contribution in [-0.4, -0.2) is 21.1 Å². The first-order valence-corrected chi connectivity index (χ1v) is 6.52. The summed E-state index contributed by atoms with van der Waals surface area (Å²) in [5.41, 5.74) is 2.17. The predicted octanol–water partition coefficient (Wildman–Crippen LogP) is 2.71. The van der Waals surface area contributed by atoms with Gasteiger partial charge in [-0.05, 0) is 25.5 Å². The molecule has 2 rings (SSSR count). The number of rotatable bonds is 6. The van der Waals surface area contributed by atoms with Crippen LogP contribution in [0.1, 0.15) is 31.8 Å². The maximum atomic E-state index is 4.41. The first-order chi connectivity index (χ1) is 8.83. The van der Waals surface area contributed by atoms with Crippen LogP contribution in [0.5, 0.6) is 0 Å². The van der Waals surface area contributed by atoms with Gasteiger partial charge in [0.05, 0.1) is 0 Å². The van der Waals surface area contributed by atoms with E-state index < -0.39 is 0 Å². The smallest absolute Gasteiger partial charge is 0.114 e. The Labute approximate surface area is 108 Å². The van der Waals surface area contributed by atoms with Gasteiger partial charge in [0.25, 0.3) is 0 Å². The molecular weight excluding hydrogens is 224 g/mol. The molecule has 2 heterocycles. The third-order valence-electron chi connectivity index (χ3n) is 2.80. The fourth-order valence-electron chi connectivity index (χ4n) is 2.00. The summed E-state index contributed by atoms with van der Waals surface area (Å²) in [5.74, 6) is 1.08. The standard InChI is InChI=1S/C14H20N4/c1-3-8-18-9-7-17-14(18)11-13-10-12(15-4-2)5-6-16-13/h5-7,9-10H,3-4,8,11H2,1-2H3,(H,15,16). The molecule has 0 amide bonds. The Hall–Kier alpha value is -1.84. The van der Waals surface area contributed by atoms with E-state index >= 15 is 0 Å². The Balaban J connectivity index is 2.12. The molecular formula is C14H20N4. The van der Waals surface area contributed by atoms with Gasteiger partial charge in [-0.1, -0.05) is 6.92 Å². The van der Waals surface area contributed by atoms with Crippen LogP contribution >= 0.6 is 0 Å². The molecule has 0 unspecified atom stereocenters. The van der Waals surface area contributed by atoms with Crippen LogP contribution in [0.4, 0.5) is 5.69 Å². The normalized spacial score (nSPS) is 10.6. The van der Waals surface area contributed by atoms with E-state index in [0.717, 1.165) is 43.1 Å². The first-order valence-electron chi connectivity index (χ1n) is 6.52. The number of pyridine rings is 1. The quantitative estimate of drug-likeness (QED) is 0.849. The van der Waals surface area contributed by atoms with E-state index in [1.165, 1.54) is 0 Å². The van der Waals surface area contributed by atoms with Gasteiger partial charge in [-0.3, -0.25) is 4.98 Å². The molecule has 1 N–H and O–H groups in total. The molecule has 4 heteroatoms. The minimum atomic E-state index is 0.784. The van der Waals surface area contributed by atoms with Gasteiger partial charge < -0.3 is 9.88 Å². The summed E-state index contributed by atoms with van der Waals surface area (Å²) < 4.78 is 2.20. The zero-order valence-electron chi connectivity index (χ0n) is 11.1. The predicted molar refractivity (Wildman–Crippen MR) is 73.7 cm³/mol. The first kappa shape index (κ1) is 12.6. The van der Waals surface area contributed by atoms with Crippen molar-refractivity contribution in [3.8, 4) is 0 Å². The number of aryl methyl sites for hydroxylation is 1. The SMILES string of the molecule is CCCn1ccnc1Cc1cc(NCC)ccn1. The highest BCUT2D eigenvalue weighted by atomic mass is 15.1. The van der Waals surface area contributed by atoms with Gasteiger partial charge in [0.1, 0.15) is 5.82 Å². The van der Waals surface area contributed by atoms with E-state index in [4.69, 9.17) is 0 Å². The van der Waals surface area contributed by atoms with Gasteiger partial charge in [0, 0.05) is 49.5 Å². The van der Waals surface area contributed by atoms with Crippen LogP contribution in [0.15, 0.2) is 30.7 Å². The van der Waals surface area contributed by atoms with Crippen LogP contribution < -0.4 is 5.32 Å². The zero-order valence-corrected chi connectivity index (χ0v) is 11.1. The highest BCUT2D eigenvalue weighted by Gasteiger charge is 2.05. The summed E-state index contributed by atoms with van der Waals surface area (Å²) in [6.07, 6.45) is 7.65. The molecule has 2 aromatic heterocycles. The molecule has 0 aliphatic heterocycles. The van der Waals surface area contributed by atoms with Crippen molar-refractivity contribution in [1.29, 1.82) is 0 Å². The molecule has 0 bridgehead atoms. The zero-order chi connectivity index (χ0) is 12.8. The van der Waals surface area contributed by atoms with Crippen LogP contribution in [0.3, 0.4) is 0 Å². The Bertz CT molecular complexity index is 490. The molecule has 0 radical (unpaired) electrons. The van der Waals surface area contributed by atoms with E-state index in [1.807, 2.05) is 24.7 Å². The molecule has 0 aliphatic carbocycles. The van der Waals surface area contributed by atoms with Crippen molar-refractivity contribution in [2.45, 2.75) is 33.2 Å². The minimum absolute atomic E-state index is 0.784. The van der Waals surface area contributed by atoms with E-state index in [-0.39, 0.29) is 0 Å². The Morgan fingerprint density at radius 1 is 1.22 bits per heavy atom. The fraction of sp³-hybridized carbons (Fsp3) is 0.429. The molecule has 2 aromatic rings. The summed E-state index contributed by atoms with van der Waals surface area (Å²) >= 11 is 0. The Morgan fingerprint density at radius 2 is 2.11 bits per heavy atom. The average molecular weight is 244 g/mol. The molecule has 0 spiro atoms. The van der Waals surface area contributed by atoms with E-state index in [2.05, 4.69) is 39.8 Å². The molecule has 0 saturated heterocycles. The second kappa shape index (κ2) is 6.19. The number of hydrogen-bond donors (Lipinski definition) is 1. The van der Waals surface area contributed by atoms with Crippen molar-refractivity contribution in [2.24, 2.45) is 0 Å².